The van der Waals surface area contributed by atoms with E-state index in [1.165, 1.54) is 28.8 Å². The van der Waals surface area contributed by atoms with Gasteiger partial charge in [-0.3, -0.25) is 14.5 Å². The van der Waals surface area contributed by atoms with Crippen molar-refractivity contribution in [3.8, 4) is 16.9 Å². The van der Waals surface area contributed by atoms with E-state index in [1.54, 1.807) is 9.58 Å². The minimum atomic E-state index is -0.707. The summed E-state index contributed by atoms with van der Waals surface area (Å²) < 4.78 is 36.4. The van der Waals surface area contributed by atoms with Gasteiger partial charge in [0.25, 0.3) is 0 Å². The zero-order valence-electron chi connectivity index (χ0n) is 22.4. The van der Waals surface area contributed by atoms with Crippen molar-refractivity contribution in [2.24, 2.45) is 0 Å². The highest BCUT2D eigenvalue weighted by Crippen LogP contribution is 2.49. The average molecular weight is 575 g/mol. The number of benzene rings is 3. The lowest BCUT2D eigenvalue weighted by Crippen LogP contribution is -2.48. The molecular weight excluding hydrogens is 546 g/mol. The lowest BCUT2D eigenvalue weighted by atomic mass is 9.99. The van der Waals surface area contributed by atoms with Crippen LogP contribution in [0.25, 0.3) is 16.9 Å². The number of thioether (sulfide) groups is 1. The summed E-state index contributed by atoms with van der Waals surface area (Å²) in [5.41, 5.74) is 3.85. The van der Waals surface area contributed by atoms with Crippen molar-refractivity contribution >= 4 is 29.4 Å². The van der Waals surface area contributed by atoms with Crippen molar-refractivity contribution in [1.82, 2.24) is 14.7 Å². The van der Waals surface area contributed by atoms with Gasteiger partial charge < -0.3 is 9.64 Å². The SMILES string of the molecule is Cc1cccc(-n2nc(-c3ccccc3)c3c2N(CC(=O)N2CCOCC2)C(=O)CSC3c2ccc(F)cc2F)c1. The van der Waals surface area contributed by atoms with Crippen molar-refractivity contribution < 1.29 is 23.1 Å². The summed E-state index contributed by atoms with van der Waals surface area (Å²) in [5.74, 6) is -1.49. The number of nitrogens with zero attached hydrogens (tertiary/aromatic N) is 4. The van der Waals surface area contributed by atoms with E-state index in [0.29, 0.717) is 49.1 Å². The van der Waals surface area contributed by atoms with Crippen LogP contribution in [0.4, 0.5) is 14.6 Å². The fraction of sp³-hybridized carbons (Fsp3) is 0.258. The van der Waals surface area contributed by atoms with Gasteiger partial charge in [-0.15, -0.1) is 11.8 Å². The van der Waals surface area contributed by atoms with Gasteiger partial charge in [-0.05, 0) is 30.7 Å². The van der Waals surface area contributed by atoms with Crippen molar-refractivity contribution in [1.29, 1.82) is 0 Å². The summed E-state index contributed by atoms with van der Waals surface area (Å²) in [4.78, 5) is 30.5. The fourth-order valence-electron chi connectivity index (χ4n) is 5.28. The molecule has 1 aromatic heterocycles. The predicted octanol–water partition coefficient (Wildman–Crippen LogP) is 5.15. The quantitative estimate of drug-likeness (QED) is 0.330. The summed E-state index contributed by atoms with van der Waals surface area (Å²) in [6.45, 7) is 3.52. The van der Waals surface area contributed by atoms with Gasteiger partial charge in [0.05, 0.1) is 35.6 Å². The largest absolute Gasteiger partial charge is 0.378 e. The molecule has 0 radical (unpaired) electrons. The summed E-state index contributed by atoms with van der Waals surface area (Å²) in [6.07, 6.45) is 0. The molecule has 10 heteroatoms. The zero-order chi connectivity index (χ0) is 28.5. The minimum absolute atomic E-state index is 0.00536. The van der Waals surface area contributed by atoms with Crippen LogP contribution in [-0.2, 0) is 14.3 Å². The number of carbonyl (C=O) groups is 2. The van der Waals surface area contributed by atoms with Crippen LogP contribution in [0.3, 0.4) is 0 Å². The molecule has 2 amide bonds. The van der Waals surface area contributed by atoms with Crippen LogP contribution in [-0.4, -0.2) is 65.1 Å². The van der Waals surface area contributed by atoms with Gasteiger partial charge in [0, 0.05) is 35.8 Å². The van der Waals surface area contributed by atoms with E-state index in [2.05, 4.69) is 0 Å². The molecule has 2 aliphatic rings. The second kappa shape index (κ2) is 11.5. The molecule has 7 nitrogen and oxygen atoms in total. The number of aromatic nitrogens is 2. The van der Waals surface area contributed by atoms with Gasteiger partial charge >= 0.3 is 0 Å². The minimum Gasteiger partial charge on any atom is -0.378 e. The van der Waals surface area contributed by atoms with Crippen LogP contribution in [0.15, 0.2) is 72.8 Å². The molecular formula is C31H28F2N4O3S. The summed E-state index contributed by atoms with van der Waals surface area (Å²) in [7, 11) is 0. The number of amides is 2. The lowest BCUT2D eigenvalue weighted by molar-refractivity contribution is -0.134. The van der Waals surface area contributed by atoms with E-state index < -0.39 is 16.9 Å². The molecule has 1 fully saturated rings. The third-order valence-electron chi connectivity index (χ3n) is 7.28. The molecule has 0 bridgehead atoms. The molecule has 0 saturated carbocycles. The highest BCUT2D eigenvalue weighted by Gasteiger charge is 2.39. The predicted molar refractivity (Wildman–Crippen MR) is 154 cm³/mol. The maximum Gasteiger partial charge on any atom is 0.242 e. The lowest BCUT2D eigenvalue weighted by Gasteiger charge is -2.30. The van der Waals surface area contributed by atoms with Crippen LogP contribution in [0.5, 0.6) is 0 Å². The highest BCUT2D eigenvalue weighted by atomic mass is 32.2. The fourth-order valence-corrected chi connectivity index (χ4v) is 6.50. The molecule has 3 heterocycles. The zero-order valence-corrected chi connectivity index (χ0v) is 23.2. The van der Waals surface area contributed by atoms with Gasteiger partial charge in [0.1, 0.15) is 24.0 Å². The van der Waals surface area contributed by atoms with Gasteiger partial charge in [-0.25, -0.2) is 13.5 Å². The Balaban J connectivity index is 1.60. The Morgan fingerprint density at radius 3 is 2.54 bits per heavy atom. The van der Waals surface area contributed by atoms with Gasteiger partial charge in [-0.1, -0.05) is 48.5 Å². The highest BCUT2D eigenvalue weighted by molar-refractivity contribution is 8.00. The first-order valence-corrected chi connectivity index (χ1v) is 14.4. The number of hydrogen-bond acceptors (Lipinski definition) is 5. The number of halogens is 2. The van der Waals surface area contributed by atoms with Crippen molar-refractivity contribution in [3.63, 3.8) is 0 Å². The average Bonchev–Trinajstić information content (AvgIpc) is 3.31. The molecule has 6 rings (SSSR count). The van der Waals surface area contributed by atoms with Crippen LogP contribution < -0.4 is 4.90 Å². The standard InChI is InChI=1S/C31H28F2N4O3S/c1-20-6-5-9-23(16-20)37-31-28(29(34-37)21-7-3-2-4-8-21)30(24-11-10-22(32)17-25(24)33)41-19-27(39)36(31)18-26(38)35-12-14-40-15-13-35/h2-11,16-17,30H,12-15,18-19H2,1H3. The van der Waals surface area contributed by atoms with E-state index in [4.69, 9.17) is 9.84 Å². The molecule has 4 aromatic rings. The van der Waals surface area contributed by atoms with Crippen LogP contribution in [0.2, 0.25) is 0 Å². The molecule has 2 aliphatic heterocycles. The smallest absolute Gasteiger partial charge is 0.242 e. The molecule has 41 heavy (non-hydrogen) atoms. The maximum atomic E-state index is 15.4. The van der Waals surface area contributed by atoms with Crippen molar-refractivity contribution in [2.45, 2.75) is 12.2 Å². The number of carbonyl (C=O) groups excluding carboxylic acids is 2. The summed E-state index contributed by atoms with van der Waals surface area (Å²) >= 11 is 1.24. The first kappa shape index (κ1) is 27.2. The van der Waals surface area contributed by atoms with Crippen molar-refractivity contribution in [3.05, 3.63) is 101 Å². The Labute approximate surface area is 240 Å². The normalized spacial score (nSPS) is 17.3. The summed E-state index contributed by atoms with van der Waals surface area (Å²) in [6, 6.07) is 20.7. The van der Waals surface area contributed by atoms with E-state index in [1.807, 2.05) is 61.5 Å². The Kier molecular flexibility index (Phi) is 7.59. The first-order valence-electron chi connectivity index (χ1n) is 13.4. The van der Waals surface area contributed by atoms with E-state index in [9.17, 15) is 14.0 Å². The van der Waals surface area contributed by atoms with E-state index in [0.717, 1.165) is 17.2 Å². The maximum absolute atomic E-state index is 15.4. The van der Waals surface area contributed by atoms with Crippen molar-refractivity contribution in [2.75, 3.05) is 43.5 Å². The Bertz CT molecular complexity index is 1600. The van der Waals surface area contributed by atoms with Gasteiger partial charge in [0.2, 0.25) is 11.8 Å². The number of hydrogen-bond donors (Lipinski definition) is 0. The number of anilines is 1. The van der Waals surface area contributed by atoms with Crippen LogP contribution >= 0.6 is 11.8 Å². The van der Waals surface area contributed by atoms with Gasteiger partial charge in [0.15, 0.2) is 0 Å². The second-order valence-electron chi connectivity index (χ2n) is 10.0. The molecule has 3 aromatic carbocycles. The monoisotopic (exact) mass is 574 g/mol. The first-order chi connectivity index (χ1) is 19.9. The second-order valence-corrected chi connectivity index (χ2v) is 11.1. The van der Waals surface area contributed by atoms with E-state index >= 15 is 4.39 Å². The molecule has 0 spiro atoms. The Morgan fingerprint density at radius 2 is 1.80 bits per heavy atom. The third kappa shape index (κ3) is 5.37. The number of fused-ring (bicyclic) bond motifs is 1. The van der Waals surface area contributed by atoms with Crippen LogP contribution in [0, 0.1) is 18.6 Å². The topological polar surface area (TPSA) is 67.7 Å². The number of ether oxygens (including phenoxy) is 1. The van der Waals surface area contributed by atoms with Crippen LogP contribution in [0.1, 0.15) is 21.9 Å². The van der Waals surface area contributed by atoms with Gasteiger partial charge in [-0.2, -0.15) is 5.10 Å². The van der Waals surface area contributed by atoms with E-state index in [-0.39, 0.29) is 29.7 Å². The number of rotatable bonds is 5. The number of morpholine rings is 1. The molecule has 0 N–H and O–H groups in total. The number of aryl methyl sites for hydroxylation is 1. The third-order valence-corrected chi connectivity index (χ3v) is 8.52. The molecule has 0 aliphatic carbocycles. The Hall–Kier alpha value is -4.02. The molecule has 1 saturated heterocycles. The molecule has 1 atom stereocenters. The molecule has 1 unspecified atom stereocenters. The molecule has 210 valence electrons. The Morgan fingerprint density at radius 1 is 1.02 bits per heavy atom. The summed E-state index contributed by atoms with van der Waals surface area (Å²) in [5, 5.41) is 4.32.